The van der Waals surface area contributed by atoms with Crippen molar-refractivity contribution in [3.63, 3.8) is 0 Å². The van der Waals surface area contributed by atoms with Gasteiger partial charge in [-0.05, 0) is 42.7 Å². The predicted molar refractivity (Wildman–Crippen MR) is 91.7 cm³/mol. The summed E-state index contributed by atoms with van der Waals surface area (Å²) in [6.45, 7) is 1.94. The number of carbonyl (C=O) groups is 1. The monoisotopic (exact) mass is 362 g/mol. The molecule has 21 heavy (non-hydrogen) atoms. The van der Waals surface area contributed by atoms with Gasteiger partial charge in [0.05, 0.1) is 16.6 Å². The average Bonchev–Trinajstić information content (AvgIpc) is 2.86. The Hall–Kier alpha value is -1.46. The van der Waals surface area contributed by atoms with Crippen LogP contribution in [-0.4, -0.2) is 11.2 Å². The highest BCUT2D eigenvalue weighted by molar-refractivity contribution is 9.10. The Labute approximate surface area is 136 Å². The molecule has 0 aromatic heterocycles. The van der Waals surface area contributed by atoms with Gasteiger partial charge in [0.15, 0.2) is 0 Å². The summed E-state index contributed by atoms with van der Waals surface area (Å²) in [5, 5.41) is 2.88. The minimum atomic E-state index is -0.0927. The van der Waals surface area contributed by atoms with Gasteiger partial charge in [0.1, 0.15) is 0 Å². The van der Waals surface area contributed by atoms with Crippen molar-refractivity contribution in [3.05, 3.63) is 52.0 Å². The van der Waals surface area contributed by atoms with E-state index in [-0.39, 0.29) is 11.2 Å². The first-order valence-electron chi connectivity index (χ1n) is 6.65. The zero-order chi connectivity index (χ0) is 15.0. The zero-order valence-corrected chi connectivity index (χ0v) is 13.9. The molecule has 0 bridgehead atoms. The van der Waals surface area contributed by atoms with Crippen molar-refractivity contribution in [2.45, 2.75) is 23.5 Å². The summed E-state index contributed by atoms with van der Waals surface area (Å²) in [7, 11) is 0. The van der Waals surface area contributed by atoms with Crippen LogP contribution >= 0.6 is 27.7 Å². The first-order valence-corrected chi connectivity index (χ1v) is 8.33. The van der Waals surface area contributed by atoms with Gasteiger partial charge in [0.25, 0.3) is 0 Å². The number of hydrogen-bond acceptors (Lipinski definition) is 3. The highest BCUT2D eigenvalue weighted by atomic mass is 79.9. The number of benzene rings is 2. The molecule has 1 unspecified atom stereocenters. The average molecular weight is 363 g/mol. The molecule has 1 heterocycles. The molecule has 2 aromatic carbocycles. The molecule has 3 rings (SSSR count). The normalized spacial score (nSPS) is 16.6. The van der Waals surface area contributed by atoms with Gasteiger partial charge in [-0.25, -0.2) is 0 Å². The summed E-state index contributed by atoms with van der Waals surface area (Å²) < 4.78 is 0.915. The molecule has 3 nitrogen and oxygen atoms in total. The highest BCUT2D eigenvalue weighted by Crippen LogP contribution is 2.38. The van der Waals surface area contributed by atoms with Crippen LogP contribution in [0.2, 0.25) is 0 Å². The molecular weight excluding hydrogens is 348 g/mol. The van der Waals surface area contributed by atoms with Crippen molar-refractivity contribution in [2.24, 2.45) is 0 Å². The molecule has 1 aliphatic rings. The number of nitrogens with two attached hydrogens (primary N) is 1. The Morgan fingerprint density at radius 2 is 2.14 bits per heavy atom. The number of halogens is 1. The lowest BCUT2D eigenvalue weighted by Gasteiger charge is -2.14. The van der Waals surface area contributed by atoms with Crippen LogP contribution in [0.25, 0.3) is 0 Å². The second-order valence-electron chi connectivity index (χ2n) is 5.09. The number of carbonyl (C=O) groups excluding carboxylic acids is 1. The van der Waals surface area contributed by atoms with Crippen LogP contribution in [-0.2, 0) is 11.2 Å². The van der Waals surface area contributed by atoms with Crippen molar-refractivity contribution < 1.29 is 4.79 Å². The van der Waals surface area contributed by atoms with Crippen molar-refractivity contribution in [2.75, 3.05) is 11.1 Å². The van der Waals surface area contributed by atoms with Gasteiger partial charge in [-0.2, -0.15) is 0 Å². The number of thioether (sulfide) groups is 1. The lowest BCUT2D eigenvalue weighted by molar-refractivity contribution is -0.115. The molecule has 0 aliphatic carbocycles. The third kappa shape index (κ3) is 2.94. The van der Waals surface area contributed by atoms with E-state index in [1.165, 1.54) is 10.5 Å². The molecule has 0 spiro atoms. The van der Waals surface area contributed by atoms with Crippen molar-refractivity contribution in [1.82, 2.24) is 0 Å². The number of hydrogen-bond donors (Lipinski definition) is 2. The Balaban J connectivity index is 1.77. The molecule has 1 amide bonds. The number of nitrogen functional groups attached to an aromatic ring is 1. The fraction of sp³-hybridized carbons (Fsp3) is 0.188. The van der Waals surface area contributed by atoms with E-state index >= 15 is 0 Å². The van der Waals surface area contributed by atoms with Crippen LogP contribution in [0.1, 0.15) is 11.1 Å². The molecule has 2 aromatic rings. The Bertz CT molecular complexity index is 669. The largest absolute Gasteiger partial charge is 0.397 e. The predicted octanol–water partition coefficient (Wildman–Crippen LogP) is 4.00. The molecule has 1 atom stereocenters. The fourth-order valence-electron chi connectivity index (χ4n) is 2.47. The fourth-order valence-corrected chi connectivity index (χ4v) is 4.26. The summed E-state index contributed by atoms with van der Waals surface area (Å²) in [6, 6.07) is 11.9. The van der Waals surface area contributed by atoms with E-state index in [0.29, 0.717) is 11.4 Å². The van der Waals surface area contributed by atoms with Crippen LogP contribution in [0.15, 0.2) is 45.8 Å². The van der Waals surface area contributed by atoms with Crippen LogP contribution < -0.4 is 11.1 Å². The summed E-state index contributed by atoms with van der Waals surface area (Å²) >= 11 is 5.02. The van der Waals surface area contributed by atoms with Gasteiger partial charge in [-0.15, -0.1) is 11.8 Å². The van der Waals surface area contributed by atoms with Gasteiger partial charge >= 0.3 is 0 Å². The molecule has 3 N–H and O–H groups in total. The van der Waals surface area contributed by atoms with E-state index in [1.807, 2.05) is 25.1 Å². The summed E-state index contributed by atoms with van der Waals surface area (Å²) in [5.74, 6) is 0.00771. The number of rotatable bonds is 2. The molecule has 0 radical (unpaired) electrons. The number of aryl methyl sites for hydroxylation is 1. The van der Waals surface area contributed by atoms with Crippen LogP contribution in [0, 0.1) is 6.92 Å². The van der Waals surface area contributed by atoms with E-state index < -0.39 is 0 Å². The van der Waals surface area contributed by atoms with Gasteiger partial charge in [-0.3, -0.25) is 4.79 Å². The van der Waals surface area contributed by atoms with E-state index in [9.17, 15) is 4.79 Å². The lowest BCUT2D eigenvalue weighted by atomic mass is 10.1. The molecule has 5 heteroatoms. The van der Waals surface area contributed by atoms with Crippen LogP contribution in [0.5, 0.6) is 0 Å². The third-order valence-electron chi connectivity index (χ3n) is 3.52. The highest BCUT2D eigenvalue weighted by Gasteiger charge is 2.28. The molecular formula is C16H15BrN2OS. The van der Waals surface area contributed by atoms with E-state index in [0.717, 1.165) is 16.5 Å². The maximum Gasteiger partial charge on any atom is 0.238 e. The summed E-state index contributed by atoms with van der Waals surface area (Å²) in [5.41, 5.74) is 9.48. The van der Waals surface area contributed by atoms with Gasteiger partial charge in [0.2, 0.25) is 5.91 Å². The standard InChI is InChI=1S/C16H15BrN2OS/c1-9-6-11(17)8-12(18)15(9)19-16(20)14-7-10-4-2-3-5-13(10)21-14/h2-6,8,14H,7,18H2,1H3,(H,19,20). The first-order chi connectivity index (χ1) is 10.0. The third-order valence-corrected chi connectivity index (χ3v) is 5.29. The molecule has 1 aliphatic heterocycles. The van der Waals surface area contributed by atoms with Crippen molar-refractivity contribution >= 4 is 45.0 Å². The van der Waals surface area contributed by atoms with Crippen LogP contribution in [0.3, 0.4) is 0 Å². The Kier molecular flexibility index (Phi) is 3.95. The lowest BCUT2D eigenvalue weighted by Crippen LogP contribution is -2.25. The number of fused-ring (bicyclic) bond motifs is 1. The number of nitrogens with one attached hydrogen (secondary N) is 1. The minimum absolute atomic E-state index is 0.00771. The second kappa shape index (κ2) is 5.73. The second-order valence-corrected chi connectivity index (χ2v) is 7.25. The molecule has 0 fully saturated rings. The minimum Gasteiger partial charge on any atom is -0.397 e. The summed E-state index contributed by atoms with van der Waals surface area (Å²) in [4.78, 5) is 13.7. The zero-order valence-electron chi connectivity index (χ0n) is 11.5. The molecule has 0 saturated carbocycles. The van der Waals surface area contributed by atoms with Crippen molar-refractivity contribution in [1.29, 1.82) is 0 Å². The van der Waals surface area contributed by atoms with Crippen LogP contribution in [0.4, 0.5) is 11.4 Å². The number of anilines is 2. The van der Waals surface area contributed by atoms with E-state index in [4.69, 9.17) is 5.73 Å². The quantitative estimate of drug-likeness (QED) is 0.794. The molecule has 108 valence electrons. The maximum atomic E-state index is 12.5. The Morgan fingerprint density at radius 1 is 1.38 bits per heavy atom. The smallest absolute Gasteiger partial charge is 0.238 e. The van der Waals surface area contributed by atoms with E-state index in [2.05, 4.69) is 33.4 Å². The van der Waals surface area contributed by atoms with Gasteiger partial charge < -0.3 is 11.1 Å². The van der Waals surface area contributed by atoms with Gasteiger partial charge in [0, 0.05) is 9.37 Å². The topological polar surface area (TPSA) is 55.1 Å². The van der Waals surface area contributed by atoms with E-state index in [1.54, 1.807) is 17.8 Å². The summed E-state index contributed by atoms with van der Waals surface area (Å²) in [6.07, 6.45) is 0.766. The van der Waals surface area contributed by atoms with Crippen molar-refractivity contribution in [3.8, 4) is 0 Å². The number of amides is 1. The Morgan fingerprint density at radius 3 is 2.86 bits per heavy atom. The maximum absolute atomic E-state index is 12.5. The molecule has 0 saturated heterocycles. The SMILES string of the molecule is Cc1cc(Br)cc(N)c1NC(=O)C1Cc2ccccc2S1. The first kappa shape index (κ1) is 14.5. The van der Waals surface area contributed by atoms with Gasteiger partial charge in [-0.1, -0.05) is 34.1 Å².